The van der Waals surface area contributed by atoms with Gasteiger partial charge in [0.1, 0.15) is 6.26 Å². The lowest BCUT2D eigenvalue weighted by molar-refractivity contribution is -0.155. The molecule has 0 aliphatic heterocycles. The van der Waals surface area contributed by atoms with Crippen molar-refractivity contribution < 1.29 is 23.8 Å². The van der Waals surface area contributed by atoms with E-state index in [1.165, 1.54) is 21.1 Å². The highest BCUT2D eigenvalue weighted by molar-refractivity contribution is 6.39. The summed E-state index contributed by atoms with van der Waals surface area (Å²) >= 11 is 0. The van der Waals surface area contributed by atoms with Crippen LogP contribution in [0.2, 0.25) is 0 Å². The highest BCUT2D eigenvalue weighted by Gasteiger charge is 2.38. The van der Waals surface area contributed by atoms with E-state index in [9.17, 15) is 4.79 Å². The summed E-state index contributed by atoms with van der Waals surface area (Å²) in [5.74, 6) is -1.99. The highest BCUT2D eigenvalue weighted by atomic mass is 16.7. The zero-order valence-electron chi connectivity index (χ0n) is 9.98. The van der Waals surface area contributed by atoms with E-state index in [4.69, 9.17) is 14.2 Å². The van der Waals surface area contributed by atoms with Crippen molar-refractivity contribution >= 4 is 11.7 Å². The van der Waals surface area contributed by atoms with Crippen LogP contribution in [0, 0.1) is 0 Å². The summed E-state index contributed by atoms with van der Waals surface area (Å²) < 4.78 is 14.9. The van der Waals surface area contributed by atoms with Gasteiger partial charge in [0.15, 0.2) is 0 Å². The third kappa shape index (κ3) is 3.63. The Labute approximate surface area is 94.8 Å². The van der Waals surface area contributed by atoms with Crippen LogP contribution in [-0.2, 0) is 23.8 Å². The molecule has 0 saturated carbocycles. The third-order valence-electron chi connectivity index (χ3n) is 1.90. The fourth-order valence-corrected chi connectivity index (χ4v) is 0.872. The fourth-order valence-electron chi connectivity index (χ4n) is 0.872. The summed E-state index contributed by atoms with van der Waals surface area (Å²) in [4.78, 5) is 16.2. The Bertz CT molecular complexity index is 270. The molecule has 0 amide bonds. The van der Waals surface area contributed by atoms with Crippen LogP contribution in [-0.4, -0.2) is 38.3 Å². The lowest BCUT2D eigenvalue weighted by Gasteiger charge is -2.25. The monoisotopic (exact) mass is 231 g/mol. The van der Waals surface area contributed by atoms with Gasteiger partial charge in [-0.25, -0.2) is 4.79 Å². The van der Waals surface area contributed by atoms with Gasteiger partial charge < -0.3 is 19.0 Å². The minimum absolute atomic E-state index is 0.126. The molecule has 16 heavy (non-hydrogen) atoms. The van der Waals surface area contributed by atoms with Crippen LogP contribution in [0.5, 0.6) is 0 Å². The van der Waals surface area contributed by atoms with E-state index < -0.39 is 11.8 Å². The van der Waals surface area contributed by atoms with E-state index in [0.29, 0.717) is 0 Å². The van der Waals surface area contributed by atoms with E-state index in [1.807, 2.05) is 0 Å². The molecule has 92 valence electrons. The molecule has 0 rings (SSSR count). The van der Waals surface area contributed by atoms with E-state index in [1.54, 1.807) is 6.92 Å². The first-order valence-corrected chi connectivity index (χ1v) is 4.68. The molecule has 0 atom stereocenters. The quantitative estimate of drug-likeness (QED) is 0.215. The van der Waals surface area contributed by atoms with E-state index >= 15 is 0 Å². The number of hydrogen-bond donors (Lipinski definition) is 0. The van der Waals surface area contributed by atoms with Crippen molar-refractivity contribution in [1.82, 2.24) is 0 Å². The Morgan fingerprint density at radius 1 is 1.44 bits per heavy atom. The molecular weight excluding hydrogens is 214 g/mol. The molecule has 0 aliphatic rings. The topological polar surface area (TPSA) is 66.4 Å². The zero-order valence-corrected chi connectivity index (χ0v) is 9.98. The lowest BCUT2D eigenvalue weighted by atomic mass is 10.2. The van der Waals surface area contributed by atoms with Crippen LogP contribution in [0.15, 0.2) is 18.0 Å². The van der Waals surface area contributed by atoms with Gasteiger partial charge in [-0.3, -0.25) is 0 Å². The maximum Gasteiger partial charge on any atom is 0.361 e. The predicted octanol–water partition coefficient (Wildman–Crippen LogP) is 1.07. The van der Waals surface area contributed by atoms with Crippen molar-refractivity contribution in [3.63, 3.8) is 0 Å². The number of methoxy groups -OCH3 is 2. The standard InChI is InChI=1S/C10H17NO5/c1-6-15-9(12)8(11-16-7-2)10(3,13-4)14-5/h7H,2,6H2,1,3-5H3. The normalized spacial score (nSPS) is 12.1. The number of hydrogen-bond acceptors (Lipinski definition) is 6. The van der Waals surface area contributed by atoms with Crippen molar-refractivity contribution in [2.75, 3.05) is 20.8 Å². The van der Waals surface area contributed by atoms with Crippen LogP contribution < -0.4 is 0 Å². The summed E-state index contributed by atoms with van der Waals surface area (Å²) in [5, 5.41) is 3.55. The average molecular weight is 231 g/mol. The van der Waals surface area contributed by atoms with Gasteiger partial charge in [-0.2, -0.15) is 0 Å². The molecule has 0 saturated heterocycles. The largest absolute Gasteiger partial charge is 0.461 e. The SMILES string of the molecule is C=CON=C(C(=O)OCC)C(C)(OC)OC. The predicted molar refractivity (Wildman–Crippen MR) is 57.8 cm³/mol. The average Bonchev–Trinajstić information content (AvgIpc) is 2.29. The molecule has 0 aromatic heterocycles. The summed E-state index contributed by atoms with van der Waals surface area (Å²) in [6.45, 7) is 6.73. The second kappa shape index (κ2) is 6.97. The Kier molecular flexibility index (Phi) is 6.36. The van der Waals surface area contributed by atoms with E-state index in [-0.39, 0.29) is 12.3 Å². The smallest absolute Gasteiger partial charge is 0.361 e. The minimum atomic E-state index is -1.32. The molecule has 0 aliphatic carbocycles. The minimum Gasteiger partial charge on any atom is -0.461 e. The molecule has 0 bridgehead atoms. The fraction of sp³-hybridized carbons (Fsp3) is 0.600. The van der Waals surface area contributed by atoms with Crippen molar-refractivity contribution in [2.45, 2.75) is 19.6 Å². The van der Waals surface area contributed by atoms with Gasteiger partial charge in [0.2, 0.25) is 11.5 Å². The van der Waals surface area contributed by atoms with Gasteiger partial charge in [-0.1, -0.05) is 11.7 Å². The first kappa shape index (κ1) is 14.6. The van der Waals surface area contributed by atoms with Crippen LogP contribution in [0.4, 0.5) is 0 Å². The lowest BCUT2D eigenvalue weighted by Crippen LogP contribution is -2.44. The third-order valence-corrected chi connectivity index (χ3v) is 1.90. The maximum absolute atomic E-state index is 11.6. The van der Waals surface area contributed by atoms with Gasteiger partial charge in [0.25, 0.3) is 0 Å². The van der Waals surface area contributed by atoms with E-state index in [2.05, 4.69) is 16.6 Å². The molecule has 0 aromatic carbocycles. The Morgan fingerprint density at radius 2 is 2.00 bits per heavy atom. The Balaban J connectivity index is 5.06. The van der Waals surface area contributed by atoms with E-state index in [0.717, 1.165) is 6.26 Å². The molecule has 0 spiro atoms. The van der Waals surface area contributed by atoms with Gasteiger partial charge in [-0.15, -0.1) is 0 Å². The highest BCUT2D eigenvalue weighted by Crippen LogP contribution is 2.14. The maximum atomic E-state index is 11.6. The van der Waals surface area contributed by atoms with Gasteiger partial charge >= 0.3 is 5.97 Å². The van der Waals surface area contributed by atoms with Crippen molar-refractivity contribution in [1.29, 1.82) is 0 Å². The number of ether oxygens (including phenoxy) is 3. The molecular formula is C10H17NO5. The number of nitrogens with zero attached hydrogens (tertiary/aromatic N) is 1. The van der Waals surface area contributed by atoms with Crippen LogP contribution in [0.1, 0.15) is 13.8 Å². The van der Waals surface area contributed by atoms with Crippen LogP contribution >= 0.6 is 0 Å². The molecule has 0 unspecified atom stereocenters. The number of rotatable bonds is 7. The van der Waals surface area contributed by atoms with Gasteiger partial charge in [0, 0.05) is 14.2 Å². The molecule has 0 N–H and O–H groups in total. The number of carbonyl (C=O) groups is 1. The first-order chi connectivity index (χ1) is 7.55. The Morgan fingerprint density at radius 3 is 2.38 bits per heavy atom. The molecule has 6 nitrogen and oxygen atoms in total. The van der Waals surface area contributed by atoms with Crippen LogP contribution in [0.25, 0.3) is 0 Å². The van der Waals surface area contributed by atoms with Crippen molar-refractivity contribution in [3.05, 3.63) is 12.8 Å². The molecule has 0 aromatic rings. The molecule has 6 heteroatoms. The summed E-state index contributed by atoms with van der Waals surface area (Å²) in [6.07, 6.45) is 1.07. The zero-order chi connectivity index (χ0) is 12.6. The second-order valence-corrected chi connectivity index (χ2v) is 2.79. The van der Waals surface area contributed by atoms with Crippen LogP contribution in [0.3, 0.4) is 0 Å². The summed E-state index contributed by atoms with van der Waals surface area (Å²) in [6, 6.07) is 0. The first-order valence-electron chi connectivity index (χ1n) is 4.68. The number of oxime groups is 1. The molecule has 0 heterocycles. The number of esters is 1. The summed E-state index contributed by atoms with van der Waals surface area (Å²) in [7, 11) is 2.76. The molecule has 0 radical (unpaired) electrons. The van der Waals surface area contributed by atoms with Gasteiger partial charge in [0.05, 0.1) is 6.61 Å². The van der Waals surface area contributed by atoms with Gasteiger partial charge in [-0.05, 0) is 13.8 Å². The number of carbonyl (C=O) groups excluding carboxylic acids is 1. The second-order valence-electron chi connectivity index (χ2n) is 2.79. The van der Waals surface area contributed by atoms with Crippen molar-refractivity contribution in [2.24, 2.45) is 5.16 Å². The van der Waals surface area contributed by atoms with Crippen molar-refractivity contribution in [3.8, 4) is 0 Å². The Hall–Kier alpha value is -1.40. The molecule has 0 fully saturated rings. The summed E-state index contributed by atoms with van der Waals surface area (Å²) in [5.41, 5.74) is -0.126.